The van der Waals surface area contributed by atoms with Crippen LogP contribution in [0.2, 0.25) is 0 Å². The van der Waals surface area contributed by atoms with Crippen molar-refractivity contribution in [3.05, 3.63) is 76.7 Å². The summed E-state index contributed by atoms with van der Waals surface area (Å²) in [6, 6.07) is 12.1. The Bertz CT molecular complexity index is 1190. The van der Waals surface area contributed by atoms with Gasteiger partial charge in [-0.3, -0.25) is 9.59 Å². The number of benzene rings is 2. The van der Waals surface area contributed by atoms with Gasteiger partial charge < -0.3 is 19.9 Å². The largest absolute Gasteiger partial charge is 0.507 e. The van der Waals surface area contributed by atoms with E-state index in [1.807, 2.05) is 50.2 Å². The Labute approximate surface area is 179 Å². The third-order valence-electron chi connectivity index (χ3n) is 5.66. The zero-order valence-corrected chi connectivity index (χ0v) is 17.6. The van der Waals surface area contributed by atoms with Crippen molar-refractivity contribution in [1.29, 1.82) is 0 Å². The number of hydrogen-bond donors (Lipinski definition) is 2. The predicted octanol–water partition coefficient (Wildman–Crippen LogP) is 3.60. The van der Waals surface area contributed by atoms with E-state index in [9.17, 15) is 19.1 Å². The number of likely N-dealkylation sites (N-methyl/N-ethyl adjacent to an activating group) is 1. The number of halogens is 1. The Morgan fingerprint density at radius 2 is 1.81 bits per heavy atom. The molecule has 1 fully saturated rings. The second-order valence-corrected chi connectivity index (χ2v) is 8.01. The van der Waals surface area contributed by atoms with Crippen LogP contribution in [0.1, 0.15) is 22.9 Å². The van der Waals surface area contributed by atoms with E-state index in [0.717, 1.165) is 22.2 Å². The number of ketones is 1. The first-order valence-electron chi connectivity index (χ1n) is 10.1. The molecule has 4 rings (SSSR count). The lowest BCUT2D eigenvalue weighted by atomic mass is 9.93. The van der Waals surface area contributed by atoms with Gasteiger partial charge in [-0.05, 0) is 51.4 Å². The number of aliphatic hydroxyl groups excluding tert-OH is 1. The fraction of sp³-hybridized carbons (Fsp3) is 0.250. The Balaban J connectivity index is 1.95. The number of rotatable bonds is 5. The Hall–Kier alpha value is -3.45. The van der Waals surface area contributed by atoms with Crippen LogP contribution in [-0.2, 0) is 9.59 Å². The third-order valence-corrected chi connectivity index (χ3v) is 5.66. The molecule has 0 bridgehead atoms. The Morgan fingerprint density at radius 3 is 2.48 bits per heavy atom. The first-order valence-corrected chi connectivity index (χ1v) is 10.1. The van der Waals surface area contributed by atoms with Crippen molar-refractivity contribution in [2.45, 2.75) is 13.0 Å². The van der Waals surface area contributed by atoms with Crippen LogP contribution in [0.3, 0.4) is 0 Å². The highest BCUT2D eigenvalue weighted by atomic mass is 19.1. The number of aliphatic hydroxyl groups is 1. The van der Waals surface area contributed by atoms with Crippen molar-refractivity contribution < 1.29 is 19.1 Å². The molecule has 0 saturated carbocycles. The van der Waals surface area contributed by atoms with E-state index < -0.39 is 23.5 Å². The number of carbonyl (C=O) groups is 2. The molecule has 2 aromatic carbocycles. The number of nitrogens with one attached hydrogen (secondary N) is 1. The summed E-state index contributed by atoms with van der Waals surface area (Å²) in [4.78, 5) is 32.9. The van der Waals surface area contributed by atoms with Gasteiger partial charge in [0.1, 0.15) is 11.6 Å². The molecule has 2 N–H and O–H groups in total. The molecule has 1 atom stereocenters. The number of fused-ring (bicyclic) bond motifs is 1. The summed E-state index contributed by atoms with van der Waals surface area (Å²) in [6.45, 7) is 2.77. The fourth-order valence-corrected chi connectivity index (χ4v) is 4.13. The van der Waals surface area contributed by atoms with E-state index in [2.05, 4.69) is 4.98 Å². The van der Waals surface area contributed by atoms with Gasteiger partial charge in [-0.1, -0.05) is 18.2 Å². The zero-order valence-electron chi connectivity index (χ0n) is 17.6. The van der Waals surface area contributed by atoms with E-state index in [0.29, 0.717) is 13.1 Å². The van der Waals surface area contributed by atoms with Gasteiger partial charge in [-0.15, -0.1) is 0 Å². The molecular formula is C24H24FN3O3. The summed E-state index contributed by atoms with van der Waals surface area (Å²) in [6.07, 6.45) is 0. The number of H-pyrrole nitrogens is 1. The van der Waals surface area contributed by atoms with Crippen LogP contribution in [0, 0.1) is 12.7 Å². The lowest BCUT2D eigenvalue weighted by molar-refractivity contribution is -0.140. The van der Waals surface area contributed by atoms with E-state index >= 15 is 0 Å². The minimum absolute atomic E-state index is 0.0169. The maximum Gasteiger partial charge on any atom is 0.295 e. The van der Waals surface area contributed by atoms with Crippen molar-refractivity contribution in [2.24, 2.45) is 0 Å². The van der Waals surface area contributed by atoms with E-state index in [1.54, 1.807) is 0 Å². The smallest absolute Gasteiger partial charge is 0.295 e. The lowest BCUT2D eigenvalue weighted by Crippen LogP contribution is -2.35. The Kier molecular flexibility index (Phi) is 5.37. The highest BCUT2D eigenvalue weighted by molar-refractivity contribution is 6.46. The van der Waals surface area contributed by atoms with Crippen molar-refractivity contribution in [1.82, 2.24) is 14.8 Å². The standard InChI is InChI=1S/C24H24FN3O3/c1-14-19(17-6-4-5-7-18(17)26-14)21-20(22(29)15-8-10-16(25)11-9-15)23(30)24(31)28(21)13-12-27(2)3/h4-11,21,26,29H,12-13H2,1-3H3/b22-20+. The molecule has 3 aromatic rings. The Morgan fingerprint density at radius 1 is 1.13 bits per heavy atom. The molecule has 7 heteroatoms. The number of likely N-dealkylation sites (tertiary alicyclic amines) is 1. The van der Waals surface area contributed by atoms with Crippen LogP contribution in [0.25, 0.3) is 16.7 Å². The summed E-state index contributed by atoms with van der Waals surface area (Å²) < 4.78 is 13.4. The van der Waals surface area contributed by atoms with E-state index in [1.165, 1.54) is 29.2 Å². The molecule has 6 nitrogen and oxygen atoms in total. The maximum absolute atomic E-state index is 13.4. The molecule has 1 amide bonds. The van der Waals surface area contributed by atoms with E-state index in [-0.39, 0.29) is 16.9 Å². The number of aromatic nitrogens is 1. The van der Waals surface area contributed by atoms with Crippen LogP contribution >= 0.6 is 0 Å². The first-order chi connectivity index (χ1) is 14.8. The quantitative estimate of drug-likeness (QED) is 0.375. The molecule has 1 aromatic heterocycles. The lowest BCUT2D eigenvalue weighted by Gasteiger charge is -2.27. The maximum atomic E-state index is 13.4. The number of para-hydroxylation sites is 1. The van der Waals surface area contributed by atoms with Crippen LogP contribution in [0.5, 0.6) is 0 Å². The average molecular weight is 421 g/mol. The molecule has 0 radical (unpaired) electrons. The van der Waals surface area contributed by atoms with Crippen LogP contribution in [0.4, 0.5) is 4.39 Å². The molecule has 1 aliphatic heterocycles. The molecule has 1 aliphatic rings. The molecule has 0 spiro atoms. The summed E-state index contributed by atoms with van der Waals surface area (Å²) >= 11 is 0. The second kappa shape index (κ2) is 8.00. The van der Waals surface area contributed by atoms with Gasteiger partial charge in [-0.25, -0.2) is 4.39 Å². The summed E-state index contributed by atoms with van der Waals surface area (Å²) in [5.41, 5.74) is 2.78. The molecule has 1 unspecified atom stereocenters. The topological polar surface area (TPSA) is 76.6 Å². The predicted molar refractivity (Wildman–Crippen MR) is 117 cm³/mol. The summed E-state index contributed by atoms with van der Waals surface area (Å²) in [7, 11) is 3.78. The van der Waals surface area contributed by atoms with Crippen molar-refractivity contribution >= 4 is 28.4 Å². The molecule has 2 heterocycles. The highest BCUT2D eigenvalue weighted by Gasteiger charge is 2.47. The molecule has 31 heavy (non-hydrogen) atoms. The number of aromatic amines is 1. The number of hydrogen-bond acceptors (Lipinski definition) is 4. The summed E-state index contributed by atoms with van der Waals surface area (Å²) in [5.74, 6) is -2.15. The van der Waals surface area contributed by atoms with Gasteiger partial charge in [0.2, 0.25) is 0 Å². The van der Waals surface area contributed by atoms with Gasteiger partial charge in [0.05, 0.1) is 11.6 Å². The third kappa shape index (κ3) is 3.61. The van der Waals surface area contributed by atoms with Crippen LogP contribution in [-0.4, -0.2) is 58.8 Å². The highest BCUT2D eigenvalue weighted by Crippen LogP contribution is 2.43. The number of nitrogens with zero attached hydrogens (tertiary/aromatic N) is 2. The molecular weight excluding hydrogens is 397 g/mol. The zero-order chi connectivity index (χ0) is 22.3. The number of Topliss-reactive ketones (excluding diaryl/α,β-unsaturated/α-hetero) is 1. The average Bonchev–Trinajstić information content (AvgIpc) is 3.19. The van der Waals surface area contributed by atoms with E-state index in [4.69, 9.17) is 0 Å². The first kappa shape index (κ1) is 20.8. The van der Waals surface area contributed by atoms with Crippen molar-refractivity contribution in [2.75, 3.05) is 27.2 Å². The molecule has 160 valence electrons. The van der Waals surface area contributed by atoms with Gasteiger partial charge >= 0.3 is 0 Å². The van der Waals surface area contributed by atoms with Gasteiger partial charge in [0.25, 0.3) is 11.7 Å². The molecule has 0 aliphatic carbocycles. The van der Waals surface area contributed by atoms with Crippen LogP contribution in [0.15, 0.2) is 54.1 Å². The van der Waals surface area contributed by atoms with Gasteiger partial charge in [0, 0.05) is 40.8 Å². The minimum atomic E-state index is -0.749. The van der Waals surface area contributed by atoms with Crippen molar-refractivity contribution in [3.8, 4) is 0 Å². The molecule has 1 saturated heterocycles. The number of amides is 1. The number of carbonyl (C=O) groups excluding carboxylic acids is 2. The van der Waals surface area contributed by atoms with Gasteiger partial charge in [0.15, 0.2) is 0 Å². The SMILES string of the molecule is Cc1[nH]c2ccccc2c1C1/C(=C(\O)c2ccc(F)cc2)C(=O)C(=O)N1CCN(C)C. The van der Waals surface area contributed by atoms with Crippen molar-refractivity contribution in [3.63, 3.8) is 0 Å². The summed E-state index contributed by atoms with van der Waals surface area (Å²) in [5, 5.41) is 11.9. The van der Waals surface area contributed by atoms with Gasteiger partial charge in [-0.2, -0.15) is 0 Å². The second-order valence-electron chi connectivity index (χ2n) is 8.01. The normalized spacial score (nSPS) is 18.5. The fourth-order valence-electron chi connectivity index (χ4n) is 4.13. The minimum Gasteiger partial charge on any atom is -0.507 e. The monoisotopic (exact) mass is 421 g/mol. The number of aryl methyl sites for hydroxylation is 1. The van der Waals surface area contributed by atoms with Crippen LogP contribution < -0.4 is 0 Å².